The summed E-state index contributed by atoms with van der Waals surface area (Å²) in [5, 5.41) is 8.34. The van der Waals surface area contributed by atoms with Crippen molar-refractivity contribution >= 4 is 74.8 Å². The van der Waals surface area contributed by atoms with E-state index in [0.29, 0.717) is 17.3 Å². The average molecular weight is 588 g/mol. The van der Waals surface area contributed by atoms with Crippen molar-refractivity contribution in [3.05, 3.63) is 47.5 Å². The Kier molecular flexibility index (Phi) is 6.92. The van der Waals surface area contributed by atoms with E-state index in [-0.39, 0.29) is 0 Å². The Hall–Kier alpha value is -1.59. The SMILES string of the molecule is Cc1nc2c(Nc3ccc(-c4ccn(C)n4)cc3OSN(C)C)cc(Cl)nc2n1PI. The number of hydrogen-bond donors (Lipinski definition) is 1. The number of fused-ring (bicyclic) bond motifs is 1. The molecular weight excluding hydrogens is 568 g/mol. The summed E-state index contributed by atoms with van der Waals surface area (Å²) in [6.07, 6.45) is 2.39. The van der Waals surface area contributed by atoms with Crippen LogP contribution in [0.2, 0.25) is 5.15 Å². The molecule has 0 aliphatic heterocycles. The third-order valence-corrected chi connectivity index (χ3v) is 7.27. The van der Waals surface area contributed by atoms with Crippen molar-refractivity contribution < 1.29 is 4.18 Å². The topological polar surface area (TPSA) is 73.0 Å². The van der Waals surface area contributed by atoms with E-state index in [9.17, 15) is 0 Å². The second-order valence-electron chi connectivity index (χ2n) is 6.92. The Bertz CT molecular complexity index is 1250. The second-order valence-corrected chi connectivity index (χ2v) is 10.4. The van der Waals surface area contributed by atoms with Gasteiger partial charge >= 0.3 is 0 Å². The fourth-order valence-electron chi connectivity index (χ4n) is 3.00. The highest BCUT2D eigenvalue weighted by Crippen LogP contribution is 2.38. The molecule has 1 N–H and O–H groups in total. The van der Waals surface area contributed by atoms with Crippen molar-refractivity contribution in [3.63, 3.8) is 0 Å². The number of benzene rings is 1. The van der Waals surface area contributed by atoms with Crippen molar-refractivity contribution in [1.82, 2.24) is 28.4 Å². The lowest BCUT2D eigenvalue weighted by molar-refractivity contribution is 0.577. The van der Waals surface area contributed by atoms with Crippen LogP contribution < -0.4 is 9.50 Å². The number of imidazole rings is 1. The zero-order valence-electron chi connectivity index (χ0n) is 17.2. The maximum atomic E-state index is 6.33. The van der Waals surface area contributed by atoms with Gasteiger partial charge in [0.1, 0.15) is 28.7 Å². The van der Waals surface area contributed by atoms with Crippen molar-refractivity contribution in [2.24, 2.45) is 7.05 Å². The molecule has 1 aromatic carbocycles. The molecule has 0 aliphatic carbocycles. The largest absolute Gasteiger partial charge is 0.407 e. The van der Waals surface area contributed by atoms with Gasteiger partial charge in [-0.2, -0.15) is 5.10 Å². The van der Waals surface area contributed by atoms with Gasteiger partial charge in [0, 0.05) is 39.0 Å². The van der Waals surface area contributed by atoms with E-state index in [4.69, 9.17) is 20.8 Å². The minimum atomic E-state index is 0.404. The Morgan fingerprint density at radius 1 is 1.19 bits per heavy atom. The summed E-state index contributed by atoms with van der Waals surface area (Å²) in [6.45, 7) is 1.97. The van der Waals surface area contributed by atoms with Gasteiger partial charge in [0.25, 0.3) is 0 Å². The summed E-state index contributed by atoms with van der Waals surface area (Å²) >= 11 is 9.90. The Balaban J connectivity index is 1.77. The Labute approximate surface area is 204 Å². The molecule has 0 bridgehead atoms. The van der Waals surface area contributed by atoms with Crippen LogP contribution >= 0.6 is 52.2 Å². The maximum Gasteiger partial charge on any atom is 0.167 e. The van der Waals surface area contributed by atoms with Gasteiger partial charge in [-0.05, 0) is 47.2 Å². The predicted octanol–water partition coefficient (Wildman–Crippen LogP) is 5.83. The summed E-state index contributed by atoms with van der Waals surface area (Å²) < 4.78 is 11.7. The van der Waals surface area contributed by atoms with Crippen molar-refractivity contribution in [2.75, 3.05) is 19.4 Å². The summed E-state index contributed by atoms with van der Waals surface area (Å²) in [4.78, 5) is 9.19. The summed E-state index contributed by atoms with van der Waals surface area (Å²) in [5.74, 6) is 1.57. The van der Waals surface area contributed by atoms with Crippen LogP contribution in [0.3, 0.4) is 0 Å². The number of hydrogen-bond acceptors (Lipinski definition) is 7. The van der Waals surface area contributed by atoms with E-state index < -0.39 is 0 Å². The lowest BCUT2D eigenvalue weighted by atomic mass is 10.1. The molecule has 162 valence electrons. The number of pyridine rings is 1. The Morgan fingerprint density at radius 2 is 2.00 bits per heavy atom. The maximum absolute atomic E-state index is 6.33. The lowest BCUT2D eigenvalue weighted by Crippen LogP contribution is -2.03. The number of aryl methyl sites for hydroxylation is 2. The molecule has 0 radical (unpaired) electrons. The molecule has 1 atom stereocenters. The molecule has 0 amide bonds. The molecule has 0 saturated carbocycles. The predicted molar refractivity (Wildman–Crippen MR) is 139 cm³/mol. The van der Waals surface area contributed by atoms with E-state index in [1.54, 1.807) is 10.7 Å². The standard InChI is InChI=1S/C19H20ClIN7OPS/c1-11-22-18-15(10-17(20)24-19(18)28(11)30-21)23-14-6-5-12(13-7-8-27(4)25-13)9-16(14)29-31-26(2)3/h5-10,30H,1-4H3,(H,23,24). The van der Waals surface area contributed by atoms with E-state index >= 15 is 0 Å². The van der Waals surface area contributed by atoms with Gasteiger partial charge in [0.05, 0.1) is 23.4 Å². The van der Waals surface area contributed by atoms with Crippen LogP contribution in [-0.4, -0.2) is 42.5 Å². The highest BCUT2D eigenvalue weighted by atomic mass is 127. The number of nitrogens with zero attached hydrogens (tertiary/aromatic N) is 6. The van der Waals surface area contributed by atoms with Gasteiger partial charge in [-0.1, -0.05) is 17.7 Å². The lowest BCUT2D eigenvalue weighted by Gasteiger charge is -2.15. The molecular formula is C19H20ClIN7OPS. The summed E-state index contributed by atoms with van der Waals surface area (Å²) in [7, 11) is 5.74. The molecule has 31 heavy (non-hydrogen) atoms. The van der Waals surface area contributed by atoms with Crippen molar-refractivity contribution in [2.45, 2.75) is 6.92 Å². The quantitative estimate of drug-likeness (QED) is 0.0959. The zero-order chi connectivity index (χ0) is 22.1. The fraction of sp³-hybridized carbons (Fsp3) is 0.211. The number of aromatic nitrogens is 5. The first-order valence-corrected chi connectivity index (χ1v) is 14.3. The molecule has 1 unspecified atom stereocenters. The van der Waals surface area contributed by atoms with Crippen LogP contribution in [0.5, 0.6) is 5.75 Å². The molecule has 3 heterocycles. The second kappa shape index (κ2) is 9.50. The van der Waals surface area contributed by atoms with E-state index in [2.05, 4.69) is 41.8 Å². The van der Waals surface area contributed by atoms with E-state index in [1.807, 2.05) is 62.8 Å². The zero-order valence-corrected chi connectivity index (χ0v) is 21.9. The molecule has 4 rings (SSSR count). The monoisotopic (exact) mass is 587 g/mol. The smallest absolute Gasteiger partial charge is 0.167 e. The average Bonchev–Trinajstić information content (AvgIpc) is 3.29. The fourth-order valence-corrected chi connectivity index (χ4v) is 5.70. The highest BCUT2D eigenvalue weighted by molar-refractivity contribution is 14.2. The van der Waals surface area contributed by atoms with Crippen molar-refractivity contribution in [1.29, 1.82) is 0 Å². The van der Waals surface area contributed by atoms with Gasteiger partial charge in [-0.3, -0.25) is 9.02 Å². The van der Waals surface area contributed by atoms with E-state index in [1.165, 1.54) is 12.2 Å². The molecule has 12 heteroatoms. The summed E-state index contributed by atoms with van der Waals surface area (Å²) in [6, 6.07) is 9.70. The molecule has 0 spiro atoms. The van der Waals surface area contributed by atoms with Crippen LogP contribution in [-0.2, 0) is 7.05 Å². The third-order valence-electron chi connectivity index (χ3n) is 4.37. The first-order valence-electron chi connectivity index (χ1n) is 9.21. The molecule has 0 saturated heterocycles. The van der Waals surface area contributed by atoms with Crippen molar-refractivity contribution in [3.8, 4) is 17.0 Å². The molecule has 0 fully saturated rings. The number of halogens is 2. The number of anilines is 2. The Morgan fingerprint density at radius 3 is 2.68 bits per heavy atom. The van der Waals surface area contributed by atoms with Crippen LogP contribution in [0, 0.1) is 6.92 Å². The van der Waals surface area contributed by atoms with Crippen LogP contribution in [0.25, 0.3) is 22.4 Å². The highest BCUT2D eigenvalue weighted by Gasteiger charge is 2.16. The molecule has 8 nitrogen and oxygen atoms in total. The van der Waals surface area contributed by atoms with Crippen LogP contribution in [0.15, 0.2) is 36.5 Å². The molecule has 3 aromatic heterocycles. The minimum Gasteiger partial charge on any atom is -0.407 e. The van der Waals surface area contributed by atoms with Gasteiger partial charge in [-0.25, -0.2) is 14.3 Å². The molecule has 4 aromatic rings. The van der Waals surface area contributed by atoms with Crippen LogP contribution in [0.4, 0.5) is 11.4 Å². The third kappa shape index (κ3) is 4.93. The summed E-state index contributed by atoms with van der Waals surface area (Å²) in [5.41, 5.74) is 4.94. The van der Waals surface area contributed by atoms with E-state index in [0.717, 1.165) is 39.6 Å². The molecule has 0 aliphatic rings. The van der Waals surface area contributed by atoms with Gasteiger partial charge in [-0.15, -0.1) is 0 Å². The first kappa shape index (κ1) is 22.6. The van der Waals surface area contributed by atoms with Crippen LogP contribution in [0.1, 0.15) is 5.82 Å². The first-order chi connectivity index (χ1) is 14.9. The minimum absolute atomic E-state index is 0.404. The number of nitrogens with one attached hydrogen (secondary N) is 1. The van der Waals surface area contributed by atoms with Gasteiger partial charge in [0.2, 0.25) is 0 Å². The van der Waals surface area contributed by atoms with Gasteiger partial charge in [0.15, 0.2) is 11.4 Å². The number of rotatable bonds is 7. The normalized spacial score (nSPS) is 11.8. The van der Waals surface area contributed by atoms with Gasteiger partial charge < -0.3 is 9.50 Å².